The standard InChI is InChI=1S/C15H19FN2O4S/c16-12-4-1-3-11(7-12)14-8-13(19)9-18(14)15(20)10-17-5-2-6-23(17,21)22/h1,3-4,7,13-14,19H,2,5-6,8-10H2/t13-,14-/m0/s1. The summed E-state index contributed by atoms with van der Waals surface area (Å²) in [5.74, 6) is -0.698. The van der Waals surface area contributed by atoms with Crippen LogP contribution in [0, 0.1) is 5.82 Å². The zero-order valence-electron chi connectivity index (χ0n) is 12.6. The van der Waals surface area contributed by atoms with Crippen molar-refractivity contribution in [1.29, 1.82) is 0 Å². The summed E-state index contributed by atoms with van der Waals surface area (Å²) in [5, 5.41) is 9.89. The fourth-order valence-corrected chi connectivity index (χ4v) is 4.70. The Morgan fingerprint density at radius 2 is 2.17 bits per heavy atom. The van der Waals surface area contributed by atoms with Crippen molar-refractivity contribution in [2.45, 2.75) is 25.0 Å². The van der Waals surface area contributed by atoms with E-state index in [9.17, 15) is 22.7 Å². The molecule has 1 aromatic carbocycles. The van der Waals surface area contributed by atoms with E-state index < -0.39 is 28.0 Å². The molecule has 1 N–H and O–H groups in total. The van der Waals surface area contributed by atoms with Crippen molar-refractivity contribution in [1.82, 2.24) is 9.21 Å². The number of sulfonamides is 1. The molecule has 3 rings (SSSR count). The molecule has 0 aromatic heterocycles. The maximum atomic E-state index is 13.4. The summed E-state index contributed by atoms with van der Waals surface area (Å²) in [6, 6.07) is 5.49. The molecule has 2 atom stereocenters. The molecular formula is C15H19FN2O4S. The van der Waals surface area contributed by atoms with Crippen LogP contribution in [-0.4, -0.2) is 60.1 Å². The molecule has 126 valence electrons. The van der Waals surface area contributed by atoms with Gasteiger partial charge in [-0.3, -0.25) is 4.79 Å². The van der Waals surface area contributed by atoms with E-state index in [1.807, 2.05) is 0 Å². The number of benzene rings is 1. The number of β-amino-alcohol motifs (C(OH)–C–C–N with tert-alkyl or cyclic N) is 1. The third kappa shape index (κ3) is 3.39. The summed E-state index contributed by atoms with van der Waals surface area (Å²) in [6.45, 7) is 0.254. The average Bonchev–Trinajstić information content (AvgIpc) is 3.02. The van der Waals surface area contributed by atoms with E-state index >= 15 is 0 Å². The van der Waals surface area contributed by atoms with E-state index in [-0.39, 0.29) is 24.7 Å². The number of hydrogen-bond acceptors (Lipinski definition) is 4. The summed E-state index contributed by atoms with van der Waals surface area (Å²) < 4.78 is 38.3. The number of carbonyl (C=O) groups is 1. The number of aliphatic hydroxyl groups excluding tert-OH is 1. The fourth-order valence-electron chi connectivity index (χ4n) is 3.23. The second-order valence-corrected chi connectivity index (χ2v) is 8.10. The molecule has 0 radical (unpaired) electrons. The lowest BCUT2D eigenvalue weighted by Crippen LogP contribution is -2.41. The molecule has 8 heteroatoms. The van der Waals surface area contributed by atoms with Gasteiger partial charge in [-0.25, -0.2) is 12.8 Å². The Balaban J connectivity index is 1.78. The average molecular weight is 342 g/mol. The minimum atomic E-state index is -3.35. The molecule has 0 unspecified atom stereocenters. The highest BCUT2D eigenvalue weighted by Crippen LogP contribution is 2.32. The highest BCUT2D eigenvalue weighted by atomic mass is 32.2. The lowest BCUT2D eigenvalue weighted by Gasteiger charge is -2.26. The molecule has 0 aliphatic carbocycles. The summed E-state index contributed by atoms with van der Waals surface area (Å²) in [5.41, 5.74) is 0.610. The number of aliphatic hydroxyl groups is 1. The van der Waals surface area contributed by atoms with Crippen LogP contribution in [0.15, 0.2) is 24.3 Å². The Labute approximate surface area is 134 Å². The SMILES string of the molecule is O=C(CN1CCCS1(=O)=O)N1C[C@@H](O)C[C@H]1c1cccc(F)c1. The van der Waals surface area contributed by atoms with Crippen LogP contribution < -0.4 is 0 Å². The molecule has 23 heavy (non-hydrogen) atoms. The van der Waals surface area contributed by atoms with Gasteiger partial charge in [0.05, 0.1) is 24.4 Å². The first-order valence-electron chi connectivity index (χ1n) is 7.57. The smallest absolute Gasteiger partial charge is 0.238 e. The Hall–Kier alpha value is -1.51. The number of rotatable bonds is 3. The predicted octanol–water partition coefficient (Wildman–Crippen LogP) is 0.496. The normalized spacial score (nSPS) is 27.5. The van der Waals surface area contributed by atoms with Gasteiger partial charge in [-0.05, 0) is 30.5 Å². The highest BCUT2D eigenvalue weighted by molar-refractivity contribution is 7.89. The Kier molecular flexibility index (Phi) is 4.39. The Bertz CT molecular complexity index is 709. The molecule has 2 saturated heterocycles. The Morgan fingerprint density at radius 1 is 1.39 bits per heavy atom. The third-order valence-corrected chi connectivity index (χ3v) is 6.25. The largest absolute Gasteiger partial charge is 0.391 e. The van der Waals surface area contributed by atoms with E-state index in [2.05, 4.69) is 0 Å². The highest BCUT2D eigenvalue weighted by Gasteiger charge is 2.38. The van der Waals surface area contributed by atoms with Crippen molar-refractivity contribution in [3.8, 4) is 0 Å². The third-order valence-electron chi connectivity index (χ3n) is 4.35. The number of amides is 1. The van der Waals surface area contributed by atoms with Crippen molar-refractivity contribution >= 4 is 15.9 Å². The molecule has 0 bridgehead atoms. The van der Waals surface area contributed by atoms with Crippen LogP contribution in [0.1, 0.15) is 24.4 Å². The lowest BCUT2D eigenvalue weighted by atomic mass is 10.0. The van der Waals surface area contributed by atoms with Crippen molar-refractivity contribution < 1.29 is 22.7 Å². The number of halogens is 1. The van der Waals surface area contributed by atoms with Crippen molar-refractivity contribution in [2.75, 3.05) is 25.4 Å². The first-order valence-corrected chi connectivity index (χ1v) is 9.18. The molecule has 2 aliphatic rings. The van der Waals surface area contributed by atoms with Gasteiger partial charge in [-0.15, -0.1) is 0 Å². The monoisotopic (exact) mass is 342 g/mol. The molecule has 1 amide bonds. The fraction of sp³-hybridized carbons (Fsp3) is 0.533. The number of hydrogen-bond donors (Lipinski definition) is 1. The second kappa shape index (κ2) is 6.18. The number of carbonyl (C=O) groups excluding carboxylic acids is 1. The van der Waals surface area contributed by atoms with Crippen LogP contribution in [0.25, 0.3) is 0 Å². The first-order chi connectivity index (χ1) is 10.9. The number of nitrogens with zero attached hydrogens (tertiary/aromatic N) is 2. The van der Waals surface area contributed by atoms with E-state index in [4.69, 9.17) is 0 Å². The Morgan fingerprint density at radius 3 is 2.83 bits per heavy atom. The topological polar surface area (TPSA) is 77.9 Å². The maximum absolute atomic E-state index is 13.4. The molecule has 2 fully saturated rings. The van der Waals surface area contributed by atoms with Crippen molar-refractivity contribution in [3.63, 3.8) is 0 Å². The van der Waals surface area contributed by atoms with E-state index in [1.54, 1.807) is 12.1 Å². The van der Waals surface area contributed by atoms with Crippen LogP contribution in [-0.2, 0) is 14.8 Å². The van der Waals surface area contributed by atoms with Crippen LogP contribution >= 0.6 is 0 Å². The van der Waals surface area contributed by atoms with Gasteiger partial charge >= 0.3 is 0 Å². The van der Waals surface area contributed by atoms with Gasteiger partial charge in [0.15, 0.2) is 0 Å². The quantitative estimate of drug-likeness (QED) is 0.867. The molecule has 0 spiro atoms. The minimum absolute atomic E-state index is 0.0657. The minimum Gasteiger partial charge on any atom is -0.391 e. The zero-order chi connectivity index (χ0) is 16.6. The van der Waals surface area contributed by atoms with Gasteiger partial charge in [0.2, 0.25) is 15.9 Å². The number of likely N-dealkylation sites (tertiary alicyclic amines) is 1. The maximum Gasteiger partial charge on any atom is 0.238 e. The van der Waals surface area contributed by atoms with Gasteiger partial charge in [-0.2, -0.15) is 4.31 Å². The van der Waals surface area contributed by atoms with Crippen LogP contribution in [0.2, 0.25) is 0 Å². The molecule has 1 aromatic rings. The summed E-state index contributed by atoms with van der Waals surface area (Å²) in [6.07, 6.45) is 0.149. The molecular weight excluding hydrogens is 323 g/mol. The summed E-state index contributed by atoms with van der Waals surface area (Å²) in [4.78, 5) is 14.0. The van der Waals surface area contributed by atoms with Gasteiger partial charge < -0.3 is 10.0 Å². The lowest BCUT2D eigenvalue weighted by molar-refractivity contribution is -0.132. The van der Waals surface area contributed by atoms with Gasteiger partial charge in [0.1, 0.15) is 5.82 Å². The van der Waals surface area contributed by atoms with Crippen LogP contribution in [0.5, 0.6) is 0 Å². The zero-order valence-corrected chi connectivity index (χ0v) is 13.4. The summed E-state index contributed by atoms with van der Waals surface area (Å²) in [7, 11) is -3.35. The van der Waals surface area contributed by atoms with Gasteiger partial charge in [0, 0.05) is 13.1 Å². The van der Waals surface area contributed by atoms with Crippen molar-refractivity contribution in [3.05, 3.63) is 35.6 Å². The van der Waals surface area contributed by atoms with Crippen LogP contribution in [0.3, 0.4) is 0 Å². The molecule has 2 aliphatic heterocycles. The van der Waals surface area contributed by atoms with E-state index in [0.29, 0.717) is 24.9 Å². The van der Waals surface area contributed by atoms with Crippen LogP contribution in [0.4, 0.5) is 4.39 Å². The molecule has 2 heterocycles. The first kappa shape index (κ1) is 16.4. The van der Waals surface area contributed by atoms with Crippen molar-refractivity contribution in [2.24, 2.45) is 0 Å². The van der Waals surface area contributed by atoms with E-state index in [0.717, 1.165) is 0 Å². The summed E-state index contributed by atoms with van der Waals surface area (Å²) >= 11 is 0. The molecule has 6 nitrogen and oxygen atoms in total. The van der Waals surface area contributed by atoms with Gasteiger partial charge in [-0.1, -0.05) is 12.1 Å². The van der Waals surface area contributed by atoms with Gasteiger partial charge in [0.25, 0.3) is 0 Å². The molecule has 0 saturated carbocycles. The second-order valence-electron chi connectivity index (χ2n) is 6.01. The van der Waals surface area contributed by atoms with E-state index in [1.165, 1.54) is 21.3 Å². The predicted molar refractivity (Wildman–Crippen MR) is 81.5 cm³/mol.